The molecular weight excluding hydrogens is 246 g/mol. The normalized spacial score (nSPS) is 8.25. The third-order valence-electron chi connectivity index (χ3n) is 2.07. The Labute approximate surface area is 183 Å². The first-order valence-electron chi connectivity index (χ1n) is 4.73. The van der Waals surface area contributed by atoms with Crippen LogP contribution in [0.15, 0.2) is 60.7 Å². The van der Waals surface area contributed by atoms with Crippen LogP contribution in [0.4, 0.5) is 0 Å². The first kappa shape index (κ1) is 17.5. The Hall–Kier alpha value is 1.45. The minimum Gasteiger partial charge on any atom is -0.219 e. The molecular formula is C14H12K2. The molecule has 0 atom stereocenters. The van der Waals surface area contributed by atoms with E-state index in [1.165, 1.54) is 11.1 Å². The van der Waals surface area contributed by atoms with E-state index < -0.39 is 0 Å². The molecule has 0 N–H and O–H groups in total. The molecule has 2 aromatic rings. The largest absolute Gasteiger partial charge is 1.00 e. The van der Waals surface area contributed by atoms with Crippen LogP contribution in [0.25, 0.3) is 0 Å². The van der Waals surface area contributed by atoms with Gasteiger partial charge < -0.3 is 0 Å². The zero-order valence-electron chi connectivity index (χ0n) is 9.93. The van der Waals surface area contributed by atoms with Crippen molar-refractivity contribution in [1.82, 2.24) is 0 Å². The molecule has 0 aliphatic carbocycles. The topological polar surface area (TPSA) is 0 Å². The molecule has 0 saturated carbocycles. The van der Waals surface area contributed by atoms with E-state index in [1.807, 2.05) is 36.4 Å². The van der Waals surface area contributed by atoms with E-state index in [4.69, 9.17) is 0 Å². The molecule has 0 nitrogen and oxygen atoms in total. The van der Waals surface area contributed by atoms with Crippen LogP contribution in [-0.2, 0) is 0 Å². The van der Waals surface area contributed by atoms with Gasteiger partial charge in [0.25, 0.3) is 0 Å². The van der Waals surface area contributed by atoms with Gasteiger partial charge in [0.05, 0.1) is 0 Å². The van der Waals surface area contributed by atoms with Crippen molar-refractivity contribution in [2.24, 2.45) is 0 Å². The number of rotatable bonds is 3. The van der Waals surface area contributed by atoms with E-state index in [2.05, 4.69) is 37.1 Å². The van der Waals surface area contributed by atoms with Gasteiger partial charge in [-0.3, -0.25) is 0 Å². The van der Waals surface area contributed by atoms with Gasteiger partial charge >= 0.3 is 103 Å². The first-order chi connectivity index (χ1) is 6.95. The fourth-order valence-corrected chi connectivity index (χ4v) is 1.32. The Kier molecular flexibility index (Phi) is 11.3. The van der Waals surface area contributed by atoms with Crippen LogP contribution in [0, 0.1) is 12.8 Å². The van der Waals surface area contributed by atoms with E-state index in [9.17, 15) is 0 Å². The van der Waals surface area contributed by atoms with Gasteiger partial charge in [-0.15, -0.1) is 24.3 Å². The molecule has 0 unspecified atom stereocenters. The quantitative estimate of drug-likeness (QED) is 0.422. The zero-order valence-corrected chi connectivity index (χ0v) is 16.2. The summed E-state index contributed by atoms with van der Waals surface area (Å²) in [5, 5.41) is 0. The average Bonchev–Trinajstić information content (AvgIpc) is 2.29. The molecule has 2 heteroatoms. The van der Waals surface area contributed by atoms with E-state index in [0.29, 0.717) is 0 Å². The molecule has 2 rings (SSSR count). The molecule has 70 valence electrons. The Morgan fingerprint density at radius 2 is 0.812 bits per heavy atom. The van der Waals surface area contributed by atoms with Crippen molar-refractivity contribution in [3.8, 4) is 0 Å². The van der Waals surface area contributed by atoms with Crippen LogP contribution in [-0.4, -0.2) is 0 Å². The maximum Gasteiger partial charge on any atom is 1.00 e. The Morgan fingerprint density at radius 3 is 1.12 bits per heavy atom. The van der Waals surface area contributed by atoms with Crippen LogP contribution >= 0.6 is 0 Å². The average molecular weight is 258 g/mol. The summed E-state index contributed by atoms with van der Waals surface area (Å²) in [7, 11) is 0. The van der Waals surface area contributed by atoms with Crippen LogP contribution in [0.3, 0.4) is 0 Å². The van der Waals surface area contributed by atoms with E-state index in [-0.39, 0.29) is 103 Å². The van der Waals surface area contributed by atoms with Crippen molar-refractivity contribution < 1.29 is 103 Å². The van der Waals surface area contributed by atoms with Crippen molar-refractivity contribution in [3.05, 3.63) is 84.6 Å². The van der Waals surface area contributed by atoms with Crippen LogP contribution < -0.4 is 103 Å². The summed E-state index contributed by atoms with van der Waals surface area (Å²) in [6, 6.07) is 20.6. The molecule has 16 heavy (non-hydrogen) atoms. The summed E-state index contributed by atoms with van der Waals surface area (Å²) >= 11 is 0. The van der Waals surface area contributed by atoms with Gasteiger partial charge in [-0.25, -0.2) is 24.0 Å². The minimum atomic E-state index is 0. The summed E-state index contributed by atoms with van der Waals surface area (Å²) in [5.41, 5.74) is 2.47. The number of hydrogen-bond acceptors (Lipinski definition) is 0. The predicted octanol–water partition coefficient (Wildman–Crippen LogP) is -2.50. The Bertz CT molecular complexity index is 331. The summed E-state index contributed by atoms with van der Waals surface area (Å²) in [6.07, 6.45) is 4.24. The summed E-state index contributed by atoms with van der Waals surface area (Å²) in [4.78, 5) is 0. The van der Waals surface area contributed by atoms with Crippen molar-refractivity contribution >= 4 is 0 Å². The maximum absolute atomic E-state index is 2.12. The molecule has 0 radical (unpaired) electrons. The van der Waals surface area contributed by atoms with Crippen LogP contribution in [0.5, 0.6) is 0 Å². The van der Waals surface area contributed by atoms with Gasteiger partial charge in [-0.05, 0) is 0 Å². The molecule has 0 aromatic heterocycles. The van der Waals surface area contributed by atoms with Gasteiger partial charge in [0.15, 0.2) is 0 Å². The fraction of sp³-hybridized carbons (Fsp3) is 0. The smallest absolute Gasteiger partial charge is 0.219 e. The number of benzene rings is 2. The monoisotopic (exact) mass is 258 g/mol. The van der Waals surface area contributed by atoms with Gasteiger partial charge in [-0.2, -0.15) is 24.3 Å². The summed E-state index contributed by atoms with van der Waals surface area (Å²) in [5.74, 6) is 0. The van der Waals surface area contributed by atoms with E-state index in [1.54, 1.807) is 0 Å². The Balaban J connectivity index is 0.00000112. The summed E-state index contributed by atoms with van der Waals surface area (Å²) < 4.78 is 0. The van der Waals surface area contributed by atoms with Gasteiger partial charge in [-0.1, -0.05) is 12.1 Å². The molecule has 0 heterocycles. The molecule has 0 amide bonds. The number of hydrogen-bond donors (Lipinski definition) is 0. The third-order valence-corrected chi connectivity index (χ3v) is 2.07. The van der Waals surface area contributed by atoms with Crippen LogP contribution in [0.1, 0.15) is 11.1 Å². The van der Waals surface area contributed by atoms with Gasteiger partial charge in [0, 0.05) is 0 Å². The van der Waals surface area contributed by atoms with Crippen molar-refractivity contribution in [1.29, 1.82) is 0 Å². The second kappa shape index (κ2) is 10.4. The SMILES string of the molecule is [K+].[K+].c1ccc([CH-][CH-]c2ccccc2)cc1. The fourth-order valence-electron chi connectivity index (χ4n) is 1.32. The predicted molar refractivity (Wildman–Crippen MR) is 59.7 cm³/mol. The molecule has 0 saturated heterocycles. The standard InChI is InChI=1S/C14H12.2K/c1-3-7-13(8-4-1)11-12-14-9-5-2-6-10-14;;/h1-12H;;/q-2;2*+1. The van der Waals surface area contributed by atoms with E-state index in [0.717, 1.165) is 0 Å². The second-order valence-corrected chi connectivity index (χ2v) is 3.15. The second-order valence-electron chi connectivity index (χ2n) is 3.15. The molecule has 2 aromatic carbocycles. The Morgan fingerprint density at radius 1 is 0.500 bits per heavy atom. The van der Waals surface area contributed by atoms with Gasteiger partial charge in [0.1, 0.15) is 0 Å². The molecule has 0 bridgehead atoms. The summed E-state index contributed by atoms with van der Waals surface area (Å²) in [6.45, 7) is 0. The van der Waals surface area contributed by atoms with Crippen molar-refractivity contribution in [3.63, 3.8) is 0 Å². The van der Waals surface area contributed by atoms with E-state index >= 15 is 0 Å². The third kappa shape index (κ3) is 6.40. The van der Waals surface area contributed by atoms with Gasteiger partial charge in [0.2, 0.25) is 0 Å². The van der Waals surface area contributed by atoms with Crippen molar-refractivity contribution in [2.45, 2.75) is 0 Å². The van der Waals surface area contributed by atoms with Crippen LogP contribution in [0.2, 0.25) is 0 Å². The first-order valence-corrected chi connectivity index (χ1v) is 4.73. The molecule has 0 aliphatic heterocycles. The van der Waals surface area contributed by atoms with Crippen molar-refractivity contribution in [2.75, 3.05) is 0 Å². The zero-order chi connectivity index (χ0) is 9.64. The maximum atomic E-state index is 2.12. The molecule has 0 spiro atoms. The molecule has 0 aliphatic rings. The molecule has 0 fully saturated rings. The minimum absolute atomic E-state index is 0.